The molecule has 0 aromatic rings. The first-order chi connectivity index (χ1) is 14.2. The van der Waals surface area contributed by atoms with Crippen LogP contribution in [0.3, 0.4) is 0 Å². The first kappa shape index (κ1) is 20.3. The molecule has 1 aliphatic heterocycles. The number of aliphatic hydroxyl groups excluding tert-OH is 1. The second kappa shape index (κ2) is 6.98. The molecule has 1 heterocycles. The SMILES string of the molecule is CN1C(=O)CC[C@@]2(C)C1=CCC1C2[C@@H](O)C[C@@]2(C)C1CC[C@@H]2NC(=O)NC1CCC1. The second-order valence-electron chi connectivity index (χ2n) is 11.1. The minimum Gasteiger partial charge on any atom is -0.393 e. The van der Waals surface area contributed by atoms with Crippen LogP contribution in [0, 0.1) is 28.6 Å². The van der Waals surface area contributed by atoms with Crippen LogP contribution < -0.4 is 10.6 Å². The molecule has 30 heavy (non-hydrogen) atoms. The third kappa shape index (κ3) is 2.85. The fourth-order valence-electron chi connectivity index (χ4n) is 7.89. The van der Waals surface area contributed by atoms with Crippen molar-refractivity contribution in [2.24, 2.45) is 28.6 Å². The Balaban J connectivity index is 1.38. The van der Waals surface area contributed by atoms with Gasteiger partial charge in [0, 0.05) is 36.7 Å². The van der Waals surface area contributed by atoms with E-state index >= 15 is 0 Å². The van der Waals surface area contributed by atoms with E-state index in [0.717, 1.165) is 50.6 Å². The van der Waals surface area contributed by atoms with Gasteiger partial charge >= 0.3 is 6.03 Å². The Morgan fingerprint density at radius 1 is 1.20 bits per heavy atom. The van der Waals surface area contributed by atoms with Gasteiger partial charge in [0.05, 0.1) is 6.10 Å². The number of carbonyl (C=O) groups is 2. The number of hydrogen-bond donors (Lipinski definition) is 3. The molecule has 5 rings (SSSR count). The van der Waals surface area contributed by atoms with Crippen molar-refractivity contribution in [3.05, 3.63) is 11.8 Å². The van der Waals surface area contributed by atoms with Gasteiger partial charge in [-0.25, -0.2) is 4.79 Å². The molecule has 4 aliphatic carbocycles. The van der Waals surface area contributed by atoms with Gasteiger partial charge in [-0.2, -0.15) is 0 Å². The minimum absolute atomic E-state index is 0.0339. The molecule has 166 valence electrons. The molecule has 3 amide bonds. The van der Waals surface area contributed by atoms with Gasteiger partial charge in [0.15, 0.2) is 0 Å². The number of allylic oxidation sites excluding steroid dienone is 2. The van der Waals surface area contributed by atoms with Gasteiger partial charge in [0.1, 0.15) is 0 Å². The molecule has 7 atom stereocenters. The van der Waals surface area contributed by atoms with Gasteiger partial charge < -0.3 is 20.6 Å². The number of likely N-dealkylation sites (tertiary alicyclic amines) is 1. The number of hydrogen-bond acceptors (Lipinski definition) is 3. The van der Waals surface area contributed by atoms with Crippen LogP contribution in [0.15, 0.2) is 11.8 Å². The predicted molar refractivity (Wildman–Crippen MR) is 114 cm³/mol. The van der Waals surface area contributed by atoms with Crippen LogP contribution in [0.1, 0.15) is 71.6 Å². The summed E-state index contributed by atoms with van der Waals surface area (Å²) in [4.78, 5) is 26.7. The maximum atomic E-state index is 12.6. The molecule has 6 nitrogen and oxygen atoms in total. The Bertz CT molecular complexity index is 778. The molecular weight excluding hydrogens is 378 g/mol. The van der Waals surface area contributed by atoms with Gasteiger partial charge in [-0.05, 0) is 74.5 Å². The number of amides is 3. The summed E-state index contributed by atoms with van der Waals surface area (Å²) in [5.41, 5.74) is 0.907. The van der Waals surface area contributed by atoms with E-state index in [9.17, 15) is 14.7 Å². The number of piperidine rings is 1. The van der Waals surface area contributed by atoms with Gasteiger partial charge in [0.25, 0.3) is 0 Å². The smallest absolute Gasteiger partial charge is 0.315 e. The molecule has 3 N–H and O–H groups in total. The Labute approximate surface area is 179 Å². The van der Waals surface area contributed by atoms with E-state index in [1.54, 1.807) is 0 Å². The molecule has 0 radical (unpaired) electrons. The summed E-state index contributed by atoms with van der Waals surface area (Å²) in [7, 11) is 1.89. The lowest BCUT2D eigenvalue weighted by Gasteiger charge is -2.60. The molecule has 0 spiro atoms. The summed E-state index contributed by atoms with van der Waals surface area (Å²) in [6, 6.07) is 0.421. The molecule has 4 fully saturated rings. The maximum absolute atomic E-state index is 12.6. The lowest BCUT2D eigenvalue weighted by molar-refractivity contribution is -0.145. The number of urea groups is 1. The van der Waals surface area contributed by atoms with Gasteiger partial charge in [0.2, 0.25) is 5.91 Å². The fraction of sp³-hybridized carbons (Fsp3) is 0.833. The third-order valence-electron chi connectivity index (χ3n) is 9.69. The molecule has 0 bridgehead atoms. The average Bonchev–Trinajstić information content (AvgIpc) is 2.97. The summed E-state index contributed by atoms with van der Waals surface area (Å²) in [6.07, 6.45) is 10.4. The Hall–Kier alpha value is -1.56. The maximum Gasteiger partial charge on any atom is 0.315 e. The van der Waals surface area contributed by atoms with Crippen molar-refractivity contribution in [3.63, 3.8) is 0 Å². The summed E-state index contributed by atoms with van der Waals surface area (Å²) in [5, 5.41) is 17.9. The topological polar surface area (TPSA) is 81.7 Å². The number of fused-ring (bicyclic) bond motifs is 5. The third-order valence-corrected chi connectivity index (χ3v) is 9.69. The highest BCUT2D eigenvalue weighted by Crippen LogP contribution is 2.64. The largest absolute Gasteiger partial charge is 0.393 e. The number of aliphatic hydroxyl groups is 1. The Morgan fingerprint density at radius 3 is 2.67 bits per heavy atom. The van der Waals surface area contributed by atoms with E-state index in [2.05, 4.69) is 30.6 Å². The minimum atomic E-state index is -0.399. The van der Waals surface area contributed by atoms with Gasteiger partial charge in [-0.15, -0.1) is 0 Å². The Morgan fingerprint density at radius 2 is 1.97 bits per heavy atom. The summed E-state index contributed by atoms with van der Waals surface area (Å²) >= 11 is 0. The molecule has 1 saturated heterocycles. The van der Waals surface area contributed by atoms with Gasteiger partial charge in [-0.3, -0.25) is 4.79 Å². The van der Waals surface area contributed by atoms with Crippen molar-refractivity contribution in [1.82, 2.24) is 15.5 Å². The van der Waals surface area contributed by atoms with Crippen molar-refractivity contribution >= 4 is 11.9 Å². The second-order valence-corrected chi connectivity index (χ2v) is 11.1. The van der Waals surface area contributed by atoms with Crippen LogP contribution in [0.5, 0.6) is 0 Å². The highest BCUT2D eigenvalue weighted by Gasteiger charge is 2.62. The van der Waals surface area contributed by atoms with E-state index in [4.69, 9.17) is 0 Å². The van der Waals surface area contributed by atoms with E-state index < -0.39 is 6.10 Å². The fourth-order valence-corrected chi connectivity index (χ4v) is 7.89. The molecular formula is C24H37N3O3. The van der Waals surface area contributed by atoms with Crippen LogP contribution in [0.2, 0.25) is 0 Å². The molecule has 0 aromatic carbocycles. The number of rotatable bonds is 2. The van der Waals surface area contributed by atoms with Crippen molar-refractivity contribution in [2.45, 2.75) is 89.8 Å². The van der Waals surface area contributed by atoms with Crippen LogP contribution in [-0.2, 0) is 4.79 Å². The molecule has 0 aromatic heterocycles. The molecule has 3 saturated carbocycles. The first-order valence-corrected chi connectivity index (χ1v) is 12.0. The van der Waals surface area contributed by atoms with E-state index in [-0.39, 0.29) is 34.7 Å². The lowest BCUT2D eigenvalue weighted by atomic mass is 9.48. The molecule has 3 unspecified atom stereocenters. The lowest BCUT2D eigenvalue weighted by Crippen LogP contribution is -2.61. The zero-order valence-electron chi connectivity index (χ0n) is 18.6. The Kier molecular flexibility index (Phi) is 4.73. The van der Waals surface area contributed by atoms with Crippen LogP contribution in [0.4, 0.5) is 4.79 Å². The zero-order valence-corrected chi connectivity index (χ0v) is 18.6. The van der Waals surface area contributed by atoms with E-state index in [0.29, 0.717) is 24.3 Å². The number of nitrogens with zero attached hydrogens (tertiary/aromatic N) is 1. The molecule has 6 heteroatoms. The highest BCUT2D eigenvalue weighted by atomic mass is 16.3. The average molecular weight is 416 g/mol. The van der Waals surface area contributed by atoms with Crippen molar-refractivity contribution < 1.29 is 14.7 Å². The number of carbonyl (C=O) groups excluding carboxylic acids is 2. The highest BCUT2D eigenvalue weighted by molar-refractivity contribution is 5.79. The van der Waals surface area contributed by atoms with Crippen molar-refractivity contribution in [1.29, 1.82) is 0 Å². The number of nitrogens with one attached hydrogen (secondary N) is 2. The van der Waals surface area contributed by atoms with Crippen molar-refractivity contribution in [2.75, 3.05) is 7.05 Å². The first-order valence-electron chi connectivity index (χ1n) is 12.0. The van der Waals surface area contributed by atoms with Crippen LogP contribution in [-0.4, -0.2) is 47.2 Å². The summed E-state index contributed by atoms with van der Waals surface area (Å²) in [6.45, 7) is 4.55. The summed E-state index contributed by atoms with van der Waals surface area (Å²) < 4.78 is 0. The van der Waals surface area contributed by atoms with Crippen LogP contribution in [0.25, 0.3) is 0 Å². The van der Waals surface area contributed by atoms with Crippen molar-refractivity contribution in [3.8, 4) is 0 Å². The summed E-state index contributed by atoms with van der Waals surface area (Å²) in [5.74, 6) is 1.29. The standard InChI is InChI=1S/C24H37N3O3/c1-23-12-11-20(29)27(3)19(23)10-7-15-16-8-9-18(24(16,2)13-17(28)21(15)23)26-22(30)25-14-5-4-6-14/h10,14-18,21,28H,4-9,11-13H2,1-3H3,(H2,25,26,30)/t15?,16?,17-,18-,21?,23-,24-/m0/s1. The zero-order chi connectivity index (χ0) is 21.3. The van der Waals surface area contributed by atoms with Gasteiger partial charge in [-0.1, -0.05) is 19.9 Å². The normalized spacial score (nSPS) is 45.6. The predicted octanol–water partition coefficient (Wildman–Crippen LogP) is 3.17. The van der Waals surface area contributed by atoms with E-state index in [1.807, 2.05) is 11.9 Å². The monoisotopic (exact) mass is 415 g/mol. The molecule has 5 aliphatic rings. The quantitative estimate of drug-likeness (QED) is 0.648. The van der Waals surface area contributed by atoms with E-state index in [1.165, 1.54) is 6.42 Å². The van der Waals surface area contributed by atoms with Crippen LogP contribution >= 0.6 is 0 Å².